The van der Waals surface area contributed by atoms with Crippen molar-refractivity contribution < 1.29 is 0 Å². The summed E-state index contributed by atoms with van der Waals surface area (Å²) in [5, 5.41) is 0.669. The molecule has 3 rings (SSSR count). The Bertz CT molecular complexity index is 508. The van der Waals surface area contributed by atoms with Gasteiger partial charge in [-0.25, -0.2) is 4.98 Å². The van der Waals surface area contributed by atoms with E-state index in [9.17, 15) is 0 Å². The van der Waals surface area contributed by atoms with Gasteiger partial charge in [0, 0.05) is 31.4 Å². The second-order valence-corrected chi connectivity index (χ2v) is 8.63. The maximum absolute atomic E-state index is 6.34. The molecule has 0 amide bonds. The van der Waals surface area contributed by atoms with Gasteiger partial charge in [0.15, 0.2) is 0 Å². The molecule has 25 heavy (non-hydrogen) atoms. The van der Waals surface area contributed by atoms with E-state index in [1.807, 2.05) is 6.07 Å². The average molecular weight is 364 g/mol. The molecule has 2 N–H and O–H groups in total. The molecule has 0 saturated heterocycles. The lowest BCUT2D eigenvalue weighted by Crippen LogP contribution is -2.36. The molecule has 1 aromatic rings. The first-order valence-corrected chi connectivity index (χ1v) is 10.6. The minimum absolute atomic E-state index is 0.669. The van der Waals surface area contributed by atoms with Crippen molar-refractivity contribution in [3.63, 3.8) is 0 Å². The molecular weight excluding hydrogens is 330 g/mol. The maximum Gasteiger partial charge on any atom is 0.133 e. The minimum Gasteiger partial charge on any atom is -0.330 e. The predicted molar refractivity (Wildman–Crippen MR) is 106 cm³/mol. The first-order chi connectivity index (χ1) is 12.2. The topological polar surface area (TPSA) is 42.1 Å². The Labute approximate surface area is 158 Å². The zero-order valence-corrected chi connectivity index (χ0v) is 16.3. The maximum atomic E-state index is 6.34. The summed E-state index contributed by atoms with van der Waals surface area (Å²) in [6.45, 7) is 4.24. The van der Waals surface area contributed by atoms with E-state index < -0.39 is 0 Å². The lowest BCUT2D eigenvalue weighted by atomic mass is 9.81. The van der Waals surface area contributed by atoms with Crippen LogP contribution in [-0.2, 0) is 6.54 Å². The first-order valence-electron chi connectivity index (χ1n) is 10.3. The highest BCUT2D eigenvalue weighted by atomic mass is 35.5. The standard InChI is InChI=1S/C21H34ClN3/c22-21-20(7-4-12-24-21)16-25(14-18-5-2-1-3-6-18)15-19-10-8-17(13-23)9-11-19/h4,7,12,17-19H,1-3,5-6,8-11,13-16,23H2. The largest absolute Gasteiger partial charge is 0.330 e. The highest BCUT2D eigenvalue weighted by molar-refractivity contribution is 6.30. The number of nitrogens with two attached hydrogens (primary N) is 1. The molecule has 0 bridgehead atoms. The summed E-state index contributed by atoms with van der Waals surface area (Å²) in [6.07, 6.45) is 14.1. The number of nitrogens with zero attached hydrogens (tertiary/aromatic N) is 2. The Morgan fingerprint density at radius 2 is 1.60 bits per heavy atom. The van der Waals surface area contributed by atoms with Gasteiger partial charge in [0.1, 0.15) is 5.15 Å². The van der Waals surface area contributed by atoms with Crippen LogP contribution in [-0.4, -0.2) is 29.5 Å². The summed E-state index contributed by atoms with van der Waals surface area (Å²) in [5.74, 6) is 2.45. The van der Waals surface area contributed by atoms with Crippen LogP contribution in [0.25, 0.3) is 0 Å². The normalized spacial score (nSPS) is 25.4. The number of pyridine rings is 1. The third kappa shape index (κ3) is 5.94. The quantitative estimate of drug-likeness (QED) is 0.702. The molecular formula is C21H34ClN3. The molecule has 1 aromatic heterocycles. The van der Waals surface area contributed by atoms with Crippen LogP contribution in [0.5, 0.6) is 0 Å². The SMILES string of the molecule is NCC1CCC(CN(Cc2cccnc2Cl)CC2CCCCC2)CC1. The van der Waals surface area contributed by atoms with Gasteiger partial charge in [-0.05, 0) is 68.9 Å². The highest BCUT2D eigenvalue weighted by Crippen LogP contribution is 2.31. The zero-order valence-electron chi connectivity index (χ0n) is 15.5. The van der Waals surface area contributed by atoms with Crippen molar-refractivity contribution in [2.24, 2.45) is 23.5 Å². The van der Waals surface area contributed by atoms with E-state index in [0.717, 1.165) is 30.8 Å². The van der Waals surface area contributed by atoms with Crippen molar-refractivity contribution >= 4 is 11.6 Å². The fraction of sp³-hybridized carbons (Fsp3) is 0.762. The third-order valence-corrected chi connectivity index (χ3v) is 6.63. The smallest absolute Gasteiger partial charge is 0.133 e. The van der Waals surface area contributed by atoms with Crippen LogP contribution < -0.4 is 5.73 Å². The molecule has 2 fully saturated rings. The zero-order chi connectivity index (χ0) is 17.5. The predicted octanol–water partition coefficient (Wildman–Crippen LogP) is 4.88. The van der Waals surface area contributed by atoms with E-state index in [1.165, 1.54) is 76.4 Å². The van der Waals surface area contributed by atoms with Crippen LogP contribution in [0.2, 0.25) is 5.15 Å². The van der Waals surface area contributed by atoms with E-state index in [-0.39, 0.29) is 0 Å². The highest BCUT2D eigenvalue weighted by Gasteiger charge is 2.24. The molecule has 140 valence electrons. The van der Waals surface area contributed by atoms with Crippen LogP contribution in [0.15, 0.2) is 18.3 Å². The molecule has 2 aliphatic rings. The molecule has 1 heterocycles. The molecule has 0 aromatic carbocycles. The van der Waals surface area contributed by atoms with Crippen molar-refractivity contribution in [1.29, 1.82) is 0 Å². The van der Waals surface area contributed by atoms with Gasteiger partial charge in [-0.1, -0.05) is 36.9 Å². The average Bonchev–Trinajstić information content (AvgIpc) is 2.65. The molecule has 2 saturated carbocycles. The Morgan fingerprint density at radius 1 is 0.960 bits per heavy atom. The van der Waals surface area contributed by atoms with Crippen molar-refractivity contribution in [1.82, 2.24) is 9.88 Å². The molecule has 0 aliphatic heterocycles. The molecule has 0 unspecified atom stereocenters. The second-order valence-electron chi connectivity index (χ2n) is 8.27. The first kappa shape index (κ1) is 19.1. The van der Waals surface area contributed by atoms with E-state index in [1.54, 1.807) is 6.20 Å². The van der Waals surface area contributed by atoms with Crippen LogP contribution in [0.3, 0.4) is 0 Å². The molecule has 0 radical (unpaired) electrons. The molecule has 2 aliphatic carbocycles. The molecule has 0 spiro atoms. The summed E-state index contributed by atoms with van der Waals surface area (Å²) in [6, 6.07) is 4.14. The summed E-state index contributed by atoms with van der Waals surface area (Å²) in [5.41, 5.74) is 7.04. The van der Waals surface area contributed by atoms with E-state index in [4.69, 9.17) is 17.3 Å². The molecule has 0 atom stereocenters. The van der Waals surface area contributed by atoms with Gasteiger partial charge in [-0.2, -0.15) is 0 Å². The molecule has 3 nitrogen and oxygen atoms in total. The van der Waals surface area contributed by atoms with Gasteiger partial charge in [0.2, 0.25) is 0 Å². The minimum atomic E-state index is 0.669. The Hall–Kier alpha value is -0.640. The lowest BCUT2D eigenvalue weighted by molar-refractivity contribution is 0.143. The fourth-order valence-corrected chi connectivity index (χ4v) is 4.91. The third-order valence-electron chi connectivity index (χ3n) is 6.29. The van der Waals surface area contributed by atoms with Gasteiger partial charge in [-0.15, -0.1) is 0 Å². The van der Waals surface area contributed by atoms with Gasteiger partial charge < -0.3 is 5.73 Å². The number of rotatable bonds is 7. The van der Waals surface area contributed by atoms with E-state index in [2.05, 4.69) is 16.0 Å². The summed E-state index contributed by atoms with van der Waals surface area (Å²) in [4.78, 5) is 6.94. The van der Waals surface area contributed by atoms with Crippen LogP contribution >= 0.6 is 11.6 Å². The van der Waals surface area contributed by atoms with Gasteiger partial charge >= 0.3 is 0 Å². The van der Waals surface area contributed by atoms with E-state index >= 15 is 0 Å². The van der Waals surface area contributed by atoms with E-state index in [0.29, 0.717) is 5.15 Å². The van der Waals surface area contributed by atoms with Crippen molar-refractivity contribution in [3.05, 3.63) is 29.0 Å². The van der Waals surface area contributed by atoms with Crippen molar-refractivity contribution in [2.45, 2.75) is 64.3 Å². The number of hydrogen-bond donors (Lipinski definition) is 1. The molecule has 4 heteroatoms. The van der Waals surface area contributed by atoms with Gasteiger partial charge in [0.25, 0.3) is 0 Å². The number of halogens is 1. The second kappa shape index (κ2) is 9.89. The van der Waals surface area contributed by atoms with Crippen molar-refractivity contribution in [3.8, 4) is 0 Å². The summed E-state index contributed by atoms with van der Waals surface area (Å²) < 4.78 is 0. The van der Waals surface area contributed by atoms with Gasteiger partial charge in [-0.3, -0.25) is 4.90 Å². The Balaban J connectivity index is 1.60. The van der Waals surface area contributed by atoms with Gasteiger partial charge in [0.05, 0.1) is 0 Å². The summed E-state index contributed by atoms with van der Waals surface area (Å²) in [7, 11) is 0. The van der Waals surface area contributed by atoms with Crippen LogP contribution in [0.4, 0.5) is 0 Å². The van der Waals surface area contributed by atoms with Crippen LogP contribution in [0, 0.1) is 17.8 Å². The fourth-order valence-electron chi connectivity index (χ4n) is 4.73. The van der Waals surface area contributed by atoms with Crippen LogP contribution in [0.1, 0.15) is 63.4 Å². The lowest BCUT2D eigenvalue weighted by Gasteiger charge is -2.35. The Kier molecular flexibility index (Phi) is 7.57. The number of hydrogen-bond acceptors (Lipinski definition) is 3. The Morgan fingerprint density at radius 3 is 2.24 bits per heavy atom. The summed E-state index contributed by atoms with van der Waals surface area (Å²) >= 11 is 6.34. The monoisotopic (exact) mass is 363 g/mol. The van der Waals surface area contributed by atoms with Crippen molar-refractivity contribution in [2.75, 3.05) is 19.6 Å². The number of aromatic nitrogens is 1.